The molecule has 0 atom stereocenters. The maximum atomic E-state index is 5.89. The standard InChI is InChI=1S/C12H13ClN4S/c13-9-5-4-7-11(14-9)18-12-16-15-10-6-2-1-3-8-17(10)12/h4-5,7H,1-3,6,8H2. The fourth-order valence-corrected chi connectivity index (χ4v) is 3.15. The minimum absolute atomic E-state index is 0.510. The van der Waals surface area contributed by atoms with Gasteiger partial charge in [0.1, 0.15) is 16.0 Å². The van der Waals surface area contributed by atoms with E-state index < -0.39 is 0 Å². The fraction of sp³-hybridized carbons (Fsp3) is 0.417. The predicted molar refractivity (Wildman–Crippen MR) is 70.9 cm³/mol. The van der Waals surface area contributed by atoms with Crippen molar-refractivity contribution < 1.29 is 0 Å². The van der Waals surface area contributed by atoms with Crippen LogP contribution in [0.2, 0.25) is 5.15 Å². The van der Waals surface area contributed by atoms with Gasteiger partial charge in [-0.05, 0) is 36.7 Å². The third-order valence-electron chi connectivity index (χ3n) is 2.96. The van der Waals surface area contributed by atoms with Gasteiger partial charge in [-0.3, -0.25) is 0 Å². The molecule has 18 heavy (non-hydrogen) atoms. The number of halogens is 1. The third-order valence-corrected chi connectivity index (χ3v) is 4.09. The molecule has 1 aliphatic heterocycles. The Morgan fingerprint density at radius 3 is 3.00 bits per heavy atom. The second-order valence-corrected chi connectivity index (χ2v) is 5.64. The summed E-state index contributed by atoms with van der Waals surface area (Å²) >= 11 is 7.41. The average molecular weight is 281 g/mol. The summed E-state index contributed by atoms with van der Waals surface area (Å²) in [6.07, 6.45) is 4.69. The quantitative estimate of drug-likeness (QED) is 0.793. The molecule has 1 aliphatic rings. The minimum atomic E-state index is 0.510. The summed E-state index contributed by atoms with van der Waals surface area (Å²) in [4.78, 5) is 4.27. The molecule has 0 amide bonds. The molecular formula is C12H13ClN4S. The van der Waals surface area contributed by atoms with E-state index in [1.807, 2.05) is 12.1 Å². The molecule has 4 nitrogen and oxygen atoms in total. The van der Waals surface area contributed by atoms with Crippen LogP contribution in [-0.2, 0) is 13.0 Å². The molecule has 3 heterocycles. The Hall–Kier alpha value is -1.07. The Morgan fingerprint density at radius 2 is 2.11 bits per heavy atom. The number of aromatic nitrogens is 4. The zero-order valence-electron chi connectivity index (χ0n) is 9.84. The molecule has 0 unspecified atom stereocenters. The van der Waals surface area contributed by atoms with E-state index in [4.69, 9.17) is 11.6 Å². The molecule has 0 saturated carbocycles. The molecule has 0 aliphatic carbocycles. The van der Waals surface area contributed by atoms with Crippen molar-refractivity contribution >= 4 is 23.4 Å². The van der Waals surface area contributed by atoms with Gasteiger partial charge in [0.2, 0.25) is 0 Å². The highest BCUT2D eigenvalue weighted by Crippen LogP contribution is 2.27. The van der Waals surface area contributed by atoms with Crippen LogP contribution >= 0.6 is 23.4 Å². The number of hydrogen-bond donors (Lipinski definition) is 0. The monoisotopic (exact) mass is 280 g/mol. The summed E-state index contributed by atoms with van der Waals surface area (Å²) in [5, 5.41) is 10.8. The van der Waals surface area contributed by atoms with E-state index in [2.05, 4.69) is 19.7 Å². The number of hydrogen-bond acceptors (Lipinski definition) is 4. The van der Waals surface area contributed by atoms with E-state index in [-0.39, 0.29) is 0 Å². The smallest absolute Gasteiger partial charge is 0.197 e. The van der Waals surface area contributed by atoms with Crippen LogP contribution in [0.5, 0.6) is 0 Å². The molecular weight excluding hydrogens is 268 g/mol. The van der Waals surface area contributed by atoms with Crippen LogP contribution in [-0.4, -0.2) is 19.7 Å². The summed E-state index contributed by atoms with van der Waals surface area (Å²) in [6.45, 7) is 1.01. The highest BCUT2D eigenvalue weighted by Gasteiger charge is 2.15. The minimum Gasteiger partial charge on any atom is -0.306 e. The van der Waals surface area contributed by atoms with Gasteiger partial charge < -0.3 is 4.57 Å². The summed E-state index contributed by atoms with van der Waals surface area (Å²) in [5.41, 5.74) is 0. The normalized spacial score (nSPS) is 15.2. The van der Waals surface area contributed by atoms with Crippen LogP contribution in [0.3, 0.4) is 0 Å². The topological polar surface area (TPSA) is 43.6 Å². The summed E-state index contributed by atoms with van der Waals surface area (Å²) in [6, 6.07) is 5.61. The zero-order valence-corrected chi connectivity index (χ0v) is 11.4. The Morgan fingerprint density at radius 1 is 1.17 bits per heavy atom. The molecule has 0 spiro atoms. The molecule has 94 valence electrons. The van der Waals surface area contributed by atoms with E-state index >= 15 is 0 Å². The lowest BCUT2D eigenvalue weighted by molar-refractivity contribution is 0.590. The lowest BCUT2D eigenvalue weighted by Gasteiger charge is -2.05. The second-order valence-electron chi connectivity index (χ2n) is 4.26. The van der Waals surface area contributed by atoms with E-state index in [0.29, 0.717) is 5.15 Å². The average Bonchev–Trinajstić information content (AvgIpc) is 2.60. The maximum Gasteiger partial charge on any atom is 0.197 e. The Balaban J connectivity index is 1.87. The van der Waals surface area contributed by atoms with Gasteiger partial charge in [0.15, 0.2) is 5.16 Å². The molecule has 0 saturated heterocycles. The van der Waals surface area contributed by atoms with Crippen LogP contribution in [0.1, 0.15) is 25.1 Å². The van der Waals surface area contributed by atoms with Gasteiger partial charge in [0.05, 0.1) is 0 Å². The van der Waals surface area contributed by atoms with E-state index in [1.54, 1.807) is 6.07 Å². The van der Waals surface area contributed by atoms with Crippen molar-refractivity contribution in [1.29, 1.82) is 0 Å². The SMILES string of the molecule is Clc1cccc(Sc2nnc3n2CCCCC3)n1. The molecule has 0 N–H and O–H groups in total. The summed E-state index contributed by atoms with van der Waals surface area (Å²) < 4.78 is 2.21. The molecule has 3 rings (SSSR count). The molecule has 6 heteroatoms. The Kier molecular flexibility index (Phi) is 3.52. The number of nitrogens with zero attached hydrogens (tertiary/aromatic N) is 4. The van der Waals surface area contributed by atoms with Crippen molar-refractivity contribution in [3.05, 3.63) is 29.2 Å². The second kappa shape index (κ2) is 5.28. The van der Waals surface area contributed by atoms with Crippen molar-refractivity contribution in [2.75, 3.05) is 0 Å². The van der Waals surface area contributed by atoms with Crippen LogP contribution in [0.4, 0.5) is 0 Å². The lowest BCUT2D eigenvalue weighted by atomic mass is 10.2. The Bertz CT molecular complexity index is 555. The van der Waals surface area contributed by atoms with Crippen molar-refractivity contribution in [2.45, 2.75) is 42.4 Å². The van der Waals surface area contributed by atoms with Crippen LogP contribution < -0.4 is 0 Å². The van der Waals surface area contributed by atoms with Gasteiger partial charge in [0, 0.05) is 13.0 Å². The predicted octanol–water partition coefficient (Wildman–Crippen LogP) is 3.20. The van der Waals surface area contributed by atoms with E-state index in [0.717, 1.165) is 29.0 Å². The highest BCUT2D eigenvalue weighted by molar-refractivity contribution is 7.99. The number of rotatable bonds is 2. The Labute approximate surface area is 115 Å². The fourth-order valence-electron chi connectivity index (χ4n) is 2.07. The maximum absolute atomic E-state index is 5.89. The van der Waals surface area contributed by atoms with Gasteiger partial charge in [0.25, 0.3) is 0 Å². The van der Waals surface area contributed by atoms with E-state index in [9.17, 15) is 0 Å². The molecule has 2 aromatic heterocycles. The highest BCUT2D eigenvalue weighted by atomic mass is 35.5. The number of pyridine rings is 1. The largest absolute Gasteiger partial charge is 0.306 e. The van der Waals surface area contributed by atoms with Gasteiger partial charge in [-0.15, -0.1) is 10.2 Å². The number of aryl methyl sites for hydroxylation is 1. The molecule has 2 aromatic rings. The summed E-state index contributed by atoms with van der Waals surface area (Å²) in [5.74, 6) is 1.09. The summed E-state index contributed by atoms with van der Waals surface area (Å²) in [7, 11) is 0. The zero-order chi connectivity index (χ0) is 12.4. The van der Waals surface area contributed by atoms with Gasteiger partial charge in [-0.1, -0.05) is 24.1 Å². The van der Waals surface area contributed by atoms with Crippen LogP contribution in [0.25, 0.3) is 0 Å². The van der Waals surface area contributed by atoms with Crippen molar-refractivity contribution in [1.82, 2.24) is 19.7 Å². The lowest BCUT2D eigenvalue weighted by Crippen LogP contribution is -2.02. The van der Waals surface area contributed by atoms with Crippen molar-refractivity contribution in [3.8, 4) is 0 Å². The van der Waals surface area contributed by atoms with Gasteiger partial charge in [-0.2, -0.15) is 0 Å². The first kappa shape index (κ1) is 12.0. The third kappa shape index (κ3) is 2.52. The van der Waals surface area contributed by atoms with Crippen LogP contribution in [0, 0.1) is 0 Å². The molecule has 0 bridgehead atoms. The van der Waals surface area contributed by atoms with Crippen molar-refractivity contribution in [2.24, 2.45) is 0 Å². The first-order valence-corrected chi connectivity index (χ1v) is 7.25. The van der Waals surface area contributed by atoms with E-state index in [1.165, 1.54) is 31.0 Å². The molecule has 0 aromatic carbocycles. The van der Waals surface area contributed by atoms with Crippen molar-refractivity contribution in [3.63, 3.8) is 0 Å². The first-order valence-electron chi connectivity index (χ1n) is 6.05. The molecule has 0 radical (unpaired) electrons. The van der Waals surface area contributed by atoms with Gasteiger partial charge in [-0.25, -0.2) is 4.98 Å². The van der Waals surface area contributed by atoms with Crippen LogP contribution in [0.15, 0.2) is 28.4 Å². The first-order chi connectivity index (χ1) is 8.83. The number of fused-ring (bicyclic) bond motifs is 1. The molecule has 0 fully saturated rings. The van der Waals surface area contributed by atoms with Gasteiger partial charge >= 0.3 is 0 Å².